The Hall–Kier alpha value is -3.23. The van der Waals surface area contributed by atoms with Crippen molar-refractivity contribution in [2.24, 2.45) is 7.05 Å². The quantitative estimate of drug-likeness (QED) is 0.695. The number of pyridine rings is 1. The highest BCUT2D eigenvalue weighted by Gasteiger charge is 2.31. The van der Waals surface area contributed by atoms with Gasteiger partial charge >= 0.3 is 6.18 Å². The van der Waals surface area contributed by atoms with Crippen LogP contribution in [0.5, 0.6) is 0 Å². The molecular formula is C18H14F4N4O. The van der Waals surface area contributed by atoms with Crippen molar-refractivity contribution in [3.8, 4) is 11.3 Å². The number of hydrogen-bond donors (Lipinski definition) is 1. The second-order valence-corrected chi connectivity index (χ2v) is 5.88. The number of alkyl halides is 3. The molecule has 0 unspecified atom stereocenters. The van der Waals surface area contributed by atoms with Crippen LogP contribution in [0.25, 0.3) is 11.3 Å². The van der Waals surface area contributed by atoms with Gasteiger partial charge in [0.2, 0.25) is 0 Å². The minimum atomic E-state index is -4.49. The van der Waals surface area contributed by atoms with Crippen LogP contribution in [0.1, 0.15) is 21.6 Å². The fourth-order valence-electron chi connectivity index (χ4n) is 2.57. The van der Waals surface area contributed by atoms with E-state index in [9.17, 15) is 22.4 Å². The standard InChI is InChI=1S/C18H14F4N4O/c1-10-3-4-11(18(20,21)22)7-12(10)16-8-15(25-26(16)2)17(27)24-14-5-6-23-9-13(14)19/h3-9H,1-2H3,(H,23,24,27). The van der Waals surface area contributed by atoms with Crippen molar-refractivity contribution in [3.63, 3.8) is 0 Å². The summed E-state index contributed by atoms with van der Waals surface area (Å²) in [5.74, 6) is -1.40. The Balaban J connectivity index is 1.96. The number of rotatable bonds is 3. The average Bonchev–Trinajstić information content (AvgIpc) is 2.98. The van der Waals surface area contributed by atoms with Gasteiger partial charge in [0, 0.05) is 18.8 Å². The molecular weight excluding hydrogens is 364 g/mol. The second-order valence-electron chi connectivity index (χ2n) is 5.88. The van der Waals surface area contributed by atoms with E-state index in [4.69, 9.17) is 0 Å². The van der Waals surface area contributed by atoms with Crippen LogP contribution in [0, 0.1) is 12.7 Å². The summed E-state index contributed by atoms with van der Waals surface area (Å²) in [6.07, 6.45) is -2.22. The van der Waals surface area contributed by atoms with E-state index in [2.05, 4.69) is 15.4 Å². The molecule has 140 valence electrons. The Labute approximate surface area is 151 Å². The number of aromatic nitrogens is 3. The lowest BCUT2D eigenvalue weighted by Crippen LogP contribution is -2.14. The molecule has 0 saturated heterocycles. The molecule has 5 nitrogen and oxygen atoms in total. The Morgan fingerprint density at radius 3 is 2.59 bits per heavy atom. The molecule has 0 atom stereocenters. The minimum absolute atomic E-state index is 0.0551. The Bertz CT molecular complexity index is 1010. The zero-order valence-electron chi connectivity index (χ0n) is 14.3. The second kappa shape index (κ2) is 6.82. The van der Waals surface area contributed by atoms with E-state index in [1.165, 1.54) is 36.1 Å². The predicted octanol–water partition coefficient (Wildman–Crippen LogP) is 4.20. The van der Waals surface area contributed by atoms with Gasteiger partial charge < -0.3 is 5.32 Å². The van der Waals surface area contributed by atoms with Crippen molar-refractivity contribution in [1.29, 1.82) is 0 Å². The summed E-state index contributed by atoms with van der Waals surface area (Å²) in [6.45, 7) is 1.66. The summed E-state index contributed by atoms with van der Waals surface area (Å²) in [5.41, 5.74) is 0.304. The lowest BCUT2D eigenvalue weighted by atomic mass is 10.0. The van der Waals surface area contributed by atoms with E-state index in [0.29, 0.717) is 16.8 Å². The first kappa shape index (κ1) is 18.6. The molecule has 0 fully saturated rings. The molecule has 0 radical (unpaired) electrons. The van der Waals surface area contributed by atoms with Crippen molar-refractivity contribution < 1.29 is 22.4 Å². The maximum atomic E-state index is 13.6. The summed E-state index contributed by atoms with van der Waals surface area (Å²) >= 11 is 0. The highest BCUT2D eigenvalue weighted by Crippen LogP contribution is 2.34. The zero-order valence-corrected chi connectivity index (χ0v) is 14.3. The largest absolute Gasteiger partial charge is 0.416 e. The molecule has 2 heterocycles. The van der Waals surface area contributed by atoms with Crippen LogP contribution in [0.15, 0.2) is 42.7 Å². The van der Waals surface area contributed by atoms with Gasteiger partial charge in [-0.25, -0.2) is 4.39 Å². The third-order valence-electron chi connectivity index (χ3n) is 3.97. The number of anilines is 1. The van der Waals surface area contributed by atoms with Crippen LogP contribution >= 0.6 is 0 Å². The number of hydrogen-bond acceptors (Lipinski definition) is 3. The predicted molar refractivity (Wildman–Crippen MR) is 90.5 cm³/mol. The fraction of sp³-hybridized carbons (Fsp3) is 0.167. The van der Waals surface area contributed by atoms with Crippen molar-refractivity contribution in [2.45, 2.75) is 13.1 Å². The van der Waals surface area contributed by atoms with Gasteiger partial charge in [-0.15, -0.1) is 0 Å². The molecule has 27 heavy (non-hydrogen) atoms. The number of aryl methyl sites for hydroxylation is 2. The van der Waals surface area contributed by atoms with Crippen molar-refractivity contribution in [1.82, 2.24) is 14.8 Å². The SMILES string of the molecule is Cc1ccc(C(F)(F)F)cc1-c1cc(C(=O)Nc2ccncc2F)nn1C. The first-order chi connectivity index (χ1) is 12.7. The summed E-state index contributed by atoms with van der Waals surface area (Å²) < 4.78 is 53.9. The highest BCUT2D eigenvalue weighted by molar-refractivity contribution is 6.03. The van der Waals surface area contributed by atoms with Gasteiger partial charge in [-0.05, 0) is 36.8 Å². The van der Waals surface area contributed by atoms with Crippen LogP contribution in [-0.2, 0) is 13.2 Å². The smallest absolute Gasteiger partial charge is 0.318 e. The third kappa shape index (κ3) is 3.81. The topological polar surface area (TPSA) is 59.8 Å². The van der Waals surface area contributed by atoms with Crippen LogP contribution in [0.2, 0.25) is 0 Å². The van der Waals surface area contributed by atoms with Gasteiger partial charge in [-0.3, -0.25) is 14.5 Å². The van der Waals surface area contributed by atoms with E-state index >= 15 is 0 Å². The monoisotopic (exact) mass is 378 g/mol. The molecule has 1 amide bonds. The average molecular weight is 378 g/mol. The van der Waals surface area contributed by atoms with E-state index in [0.717, 1.165) is 18.3 Å². The zero-order chi connectivity index (χ0) is 19.8. The van der Waals surface area contributed by atoms with Gasteiger partial charge in [0.15, 0.2) is 11.5 Å². The van der Waals surface area contributed by atoms with Crippen LogP contribution in [0.3, 0.4) is 0 Å². The van der Waals surface area contributed by atoms with E-state index in [1.54, 1.807) is 6.92 Å². The summed E-state index contributed by atoms with van der Waals surface area (Å²) in [4.78, 5) is 15.9. The van der Waals surface area contributed by atoms with Gasteiger partial charge in [-0.2, -0.15) is 18.3 Å². The lowest BCUT2D eigenvalue weighted by Gasteiger charge is -2.11. The molecule has 0 saturated carbocycles. The van der Waals surface area contributed by atoms with E-state index in [-0.39, 0.29) is 11.4 Å². The summed E-state index contributed by atoms with van der Waals surface area (Å²) in [5, 5.41) is 6.39. The molecule has 9 heteroatoms. The number of nitrogens with zero attached hydrogens (tertiary/aromatic N) is 3. The molecule has 0 bridgehead atoms. The van der Waals surface area contributed by atoms with E-state index in [1.807, 2.05) is 0 Å². The Morgan fingerprint density at radius 2 is 1.93 bits per heavy atom. The fourth-order valence-corrected chi connectivity index (χ4v) is 2.57. The maximum absolute atomic E-state index is 13.6. The normalized spacial score (nSPS) is 11.5. The number of nitrogens with one attached hydrogen (secondary N) is 1. The van der Waals surface area contributed by atoms with Crippen LogP contribution in [-0.4, -0.2) is 20.7 Å². The summed E-state index contributed by atoms with van der Waals surface area (Å²) in [7, 11) is 1.51. The molecule has 0 aliphatic heterocycles. The van der Waals surface area contributed by atoms with Crippen LogP contribution in [0.4, 0.5) is 23.2 Å². The number of halogens is 4. The third-order valence-corrected chi connectivity index (χ3v) is 3.97. The van der Waals surface area contributed by atoms with Gasteiger partial charge in [0.05, 0.1) is 23.1 Å². The first-order valence-corrected chi connectivity index (χ1v) is 7.80. The number of benzene rings is 1. The molecule has 2 aromatic heterocycles. The molecule has 0 aliphatic rings. The molecule has 3 rings (SSSR count). The number of amides is 1. The lowest BCUT2D eigenvalue weighted by molar-refractivity contribution is -0.137. The maximum Gasteiger partial charge on any atom is 0.416 e. The van der Waals surface area contributed by atoms with Crippen molar-refractivity contribution >= 4 is 11.6 Å². The molecule has 1 aromatic carbocycles. The van der Waals surface area contributed by atoms with Gasteiger partial charge in [0.1, 0.15) is 0 Å². The van der Waals surface area contributed by atoms with Crippen LogP contribution < -0.4 is 5.32 Å². The summed E-state index contributed by atoms with van der Waals surface area (Å²) in [6, 6.07) is 6.01. The highest BCUT2D eigenvalue weighted by atomic mass is 19.4. The van der Waals surface area contributed by atoms with E-state index < -0.39 is 23.5 Å². The first-order valence-electron chi connectivity index (χ1n) is 7.80. The Kier molecular flexibility index (Phi) is 4.69. The molecule has 0 aliphatic carbocycles. The molecule has 1 N–H and O–H groups in total. The van der Waals surface area contributed by atoms with Gasteiger partial charge in [0.25, 0.3) is 5.91 Å². The number of carbonyl (C=O) groups is 1. The van der Waals surface area contributed by atoms with Crippen molar-refractivity contribution in [3.05, 3.63) is 65.4 Å². The van der Waals surface area contributed by atoms with Crippen molar-refractivity contribution in [2.75, 3.05) is 5.32 Å². The molecule has 3 aromatic rings. The number of carbonyl (C=O) groups excluding carboxylic acids is 1. The van der Waals surface area contributed by atoms with Gasteiger partial charge in [-0.1, -0.05) is 6.07 Å². The molecule has 0 spiro atoms. The minimum Gasteiger partial charge on any atom is -0.318 e. The Morgan fingerprint density at radius 1 is 1.19 bits per heavy atom.